The van der Waals surface area contributed by atoms with Crippen LogP contribution in [0.4, 0.5) is 0 Å². The highest BCUT2D eigenvalue weighted by Gasteiger charge is 1.90. The zero-order chi connectivity index (χ0) is 10.1. The van der Waals surface area contributed by atoms with Gasteiger partial charge in [-0.2, -0.15) is 0 Å². The molecule has 0 rings (SSSR count). The van der Waals surface area contributed by atoms with E-state index < -0.39 is 17.9 Å². The molecule has 8 heteroatoms. The molecular weight excluding hydrogens is 186 g/mol. The Morgan fingerprint density at radius 1 is 1.31 bits per heavy atom. The third-order valence-corrected chi connectivity index (χ3v) is 0.553. The number of likely N-dealkylation sites (N-methyl/N-ethyl adjacent to an activating group) is 1. The van der Waals surface area contributed by atoms with E-state index in [4.69, 9.17) is 24.9 Å². The van der Waals surface area contributed by atoms with Crippen LogP contribution in [-0.4, -0.2) is 47.2 Å². The molecule has 0 spiro atoms. The van der Waals surface area contributed by atoms with E-state index in [1.165, 1.54) is 0 Å². The number of carboxylic acid groups (broad SMARTS) is 3. The molecule has 0 fully saturated rings. The van der Waals surface area contributed by atoms with Crippen LogP contribution in [0.2, 0.25) is 0 Å². The van der Waals surface area contributed by atoms with Crippen LogP contribution in [0.3, 0.4) is 0 Å². The SMILES string of the molecule is C[NH2+]CC(=O)O.O.O=C([O-])C(=O)O. The van der Waals surface area contributed by atoms with Crippen molar-refractivity contribution in [1.29, 1.82) is 0 Å². The van der Waals surface area contributed by atoms with Crippen molar-refractivity contribution in [2.24, 2.45) is 0 Å². The van der Waals surface area contributed by atoms with E-state index in [2.05, 4.69) is 0 Å². The number of carbonyl (C=O) groups excluding carboxylic acids is 1. The van der Waals surface area contributed by atoms with Gasteiger partial charge in [-0.15, -0.1) is 0 Å². The van der Waals surface area contributed by atoms with Crippen molar-refractivity contribution < 1.29 is 40.5 Å². The van der Waals surface area contributed by atoms with E-state index in [9.17, 15) is 4.79 Å². The summed E-state index contributed by atoms with van der Waals surface area (Å²) in [7, 11) is 1.72. The number of carbonyl (C=O) groups is 3. The molecule has 0 aromatic heterocycles. The Kier molecular flexibility index (Phi) is 13.8. The number of nitrogens with two attached hydrogens (primary N) is 1. The maximum atomic E-state index is 9.57. The number of aliphatic carboxylic acids is 3. The number of hydrogen-bond donors (Lipinski definition) is 3. The molecule has 8 nitrogen and oxygen atoms in total. The van der Waals surface area contributed by atoms with Crippen molar-refractivity contribution in [2.45, 2.75) is 0 Å². The van der Waals surface area contributed by atoms with Gasteiger partial charge in [0.25, 0.3) is 0 Å². The first-order valence-corrected chi connectivity index (χ1v) is 2.85. The second-order valence-electron chi connectivity index (χ2n) is 1.60. The number of rotatable bonds is 2. The highest BCUT2D eigenvalue weighted by molar-refractivity contribution is 6.26. The van der Waals surface area contributed by atoms with Gasteiger partial charge in [0.05, 0.1) is 7.05 Å². The predicted octanol–water partition coefficient (Wildman–Crippen LogP) is -4.74. The lowest BCUT2D eigenvalue weighted by Gasteiger charge is -1.85. The lowest BCUT2D eigenvalue weighted by Crippen LogP contribution is -2.81. The fourth-order valence-corrected chi connectivity index (χ4v) is 0.175. The van der Waals surface area contributed by atoms with Crippen LogP contribution in [0.1, 0.15) is 0 Å². The molecule has 13 heavy (non-hydrogen) atoms. The van der Waals surface area contributed by atoms with Crippen LogP contribution in [0.5, 0.6) is 0 Å². The maximum absolute atomic E-state index is 9.57. The van der Waals surface area contributed by atoms with E-state index in [0.717, 1.165) is 0 Å². The van der Waals surface area contributed by atoms with Crippen LogP contribution in [-0.2, 0) is 14.4 Å². The van der Waals surface area contributed by atoms with Gasteiger partial charge in [-0.05, 0) is 0 Å². The molecule has 0 atom stereocenters. The van der Waals surface area contributed by atoms with Gasteiger partial charge in [0.15, 0.2) is 12.5 Å². The quantitative estimate of drug-likeness (QED) is 0.376. The summed E-state index contributed by atoms with van der Waals surface area (Å²) in [5.41, 5.74) is 0. The molecule has 0 aliphatic heterocycles. The topological polar surface area (TPSA) is 163 Å². The molecule has 0 amide bonds. The van der Waals surface area contributed by atoms with Gasteiger partial charge in [0.1, 0.15) is 0 Å². The lowest BCUT2D eigenvalue weighted by molar-refractivity contribution is -0.616. The molecule has 78 valence electrons. The fraction of sp³-hybridized carbons (Fsp3) is 0.400. The Labute approximate surface area is 73.1 Å². The van der Waals surface area contributed by atoms with Crippen LogP contribution < -0.4 is 10.4 Å². The zero-order valence-corrected chi connectivity index (χ0v) is 6.81. The summed E-state index contributed by atoms with van der Waals surface area (Å²) in [5, 5.41) is 25.8. The van der Waals surface area contributed by atoms with Crippen molar-refractivity contribution >= 4 is 17.9 Å². The molecule has 0 bridgehead atoms. The zero-order valence-electron chi connectivity index (χ0n) is 6.81. The Morgan fingerprint density at radius 2 is 1.62 bits per heavy atom. The van der Waals surface area contributed by atoms with E-state index >= 15 is 0 Å². The summed E-state index contributed by atoms with van der Waals surface area (Å²) in [4.78, 5) is 27.6. The van der Waals surface area contributed by atoms with Gasteiger partial charge < -0.3 is 30.9 Å². The van der Waals surface area contributed by atoms with E-state index in [1.54, 1.807) is 12.4 Å². The Morgan fingerprint density at radius 3 is 1.62 bits per heavy atom. The first-order chi connectivity index (χ1) is 5.41. The second kappa shape index (κ2) is 10.3. The van der Waals surface area contributed by atoms with Crippen molar-refractivity contribution in [3.8, 4) is 0 Å². The molecule has 0 aromatic rings. The normalized spacial score (nSPS) is 7.15. The largest absolute Gasteiger partial charge is 0.539 e. The van der Waals surface area contributed by atoms with E-state index in [0.29, 0.717) is 0 Å². The first kappa shape index (κ1) is 17.4. The summed E-state index contributed by atoms with van der Waals surface area (Å²) < 4.78 is 0. The van der Waals surface area contributed by atoms with Crippen molar-refractivity contribution in [2.75, 3.05) is 13.6 Å². The second-order valence-corrected chi connectivity index (χ2v) is 1.60. The number of quaternary nitrogens is 1. The van der Waals surface area contributed by atoms with Gasteiger partial charge in [0, 0.05) is 0 Å². The molecular formula is C5H11NO7. The van der Waals surface area contributed by atoms with Crippen molar-refractivity contribution in [3.63, 3.8) is 0 Å². The maximum Gasteiger partial charge on any atom is 0.359 e. The highest BCUT2D eigenvalue weighted by Crippen LogP contribution is 1.49. The summed E-state index contributed by atoms with van der Waals surface area (Å²) in [6.45, 7) is 0.167. The van der Waals surface area contributed by atoms with Crippen LogP contribution in [0.15, 0.2) is 0 Å². The predicted molar refractivity (Wildman–Crippen MR) is 36.6 cm³/mol. The summed E-state index contributed by atoms with van der Waals surface area (Å²) in [6.07, 6.45) is 0. The highest BCUT2D eigenvalue weighted by atomic mass is 16.4. The van der Waals surface area contributed by atoms with Crippen molar-refractivity contribution in [1.82, 2.24) is 0 Å². The summed E-state index contributed by atoms with van der Waals surface area (Å²) in [5.74, 6) is -4.78. The fourth-order valence-electron chi connectivity index (χ4n) is 0.175. The molecule has 0 aliphatic rings. The van der Waals surface area contributed by atoms with E-state index in [-0.39, 0.29) is 12.0 Å². The Hall–Kier alpha value is -1.67. The lowest BCUT2D eigenvalue weighted by atomic mass is 10.7. The van der Waals surface area contributed by atoms with Gasteiger partial charge in [-0.25, -0.2) is 9.59 Å². The Balaban J connectivity index is -0.000000143. The molecule has 0 aromatic carbocycles. The molecule has 0 saturated heterocycles. The Bertz CT molecular complexity index is 166. The number of carboxylic acids is 3. The van der Waals surface area contributed by atoms with Crippen LogP contribution in [0.25, 0.3) is 0 Å². The van der Waals surface area contributed by atoms with Gasteiger partial charge in [-0.1, -0.05) is 0 Å². The third-order valence-electron chi connectivity index (χ3n) is 0.553. The van der Waals surface area contributed by atoms with Crippen molar-refractivity contribution in [3.05, 3.63) is 0 Å². The van der Waals surface area contributed by atoms with Crippen LogP contribution in [0, 0.1) is 0 Å². The van der Waals surface area contributed by atoms with Gasteiger partial charge >= 0.3 is 11.9 Å². The first-order valence-electron chi connectivity index (χ1n) is 2.85. The smallest absolute Gasteiger partial charge is 0.359 e. The minimum absolute atomic E-state index is 0. The minimum Gasteiger partial charge on any atom is -0.539 e. The van der Waals surface area contributed by atoms with E-state index in [1.807, 2.05) is 0 Å². The van der Waals surface area contributed by atoms with Gasteiger partial charge in [0.2, 0.25) is 0 Å². The molecule has 0 aliphatic carbocycles. The third kappa shape index (κ3) is 25.2. The average Bonchev–Trinajstić information content (AvgIpc) is 1.87. The number of hydrogen-bond acceptors (Lipinski definition) is 4. The molecule has 0 saturated carbocycles. The van der Waals surface area contributed by atoms with Crippen LogP contribution >= 0.6 is 0 Å². The molecule has 0 radical (unpaired) electrons. The molecule has 0 heterocycles. The molecule has 6 N–H and O–H groups in total. The van der Waals surface area contributed by atoms with Gasteiger partial charge in [-0.3, -0.25) is 0 Å². The standard InChI is InChI=1S/C3H7NO2.C2H2O4.H2O/c1-4-2-3(5)6;3-1(4)2(5)6;/h4H,2H2,1H3,(H,5,6);(H,3,4)(H,5,6);1H2. The minimum atomic E-state index is -2.07. The summed E-state index contributed by atoms with van der Waals surface area (Å²) >= 11 is 0. The monoisotopic (exact) mass is 197 g/mol. The molecule has 0 unspecified atom stereocenters. The average molecular weight is 197 g/mol. The summed E-state index contributed by atoms with van der Waals surface area (Å²) in [6, 6.07) is 0.